The largest absolute Gasteiger partial charge is 0.360 e. The minimum Gasteiger partial charge on any atom is -0.360 e. The predicted octanol–water partition coefficient (Wildman–Crippen LogP) is 4.05. The summed E-state index contributed by atoms with van der Waals surface area (Å²) in [6.07, 6.45) is 0.749. The zero-order valence-electron chi connectivity index (χ0n) is 14.0. The molecule has 4 rings (SSSR count). The van der Waals surface area contributed by atoms with Gasteiger partial charge in [-0.15, -0.1) is 0 Å². The fourth-order valence-electron chi connectivity index (χ4n) is 3.16. The summed E-state index contributed by atoms with van der Waals surface area (Å²) in [6, 6.07) is 5.11. The Bertz CT molecular complexity index is 886. The first-order chi connectivity index (χ1) is 12.5. The van der Waals surface area contributed by atoms with E-state index in [9.17, 15) is 4.79 Å². The highest BCUT2D eigenvalue weighted by Crippen LogP contribution is 2.37. The van der Waals surface area contributed by atoms with E-state index in [0.29, 0.717) is 51.6 Å². The van der Waals surface area contributed by atoms with Crippen molar-refractivity contribution in [2.45, 2.75) is 19.1 Å². The van der Waals surface area contributed by atoms with Gasteiger partial charge in [0.15, 0.2) is 5.79 Å². The van der Waals surface area contributed by atoms with Crippen LogP contribution in [0.2, 0.25) is 10.0 Å². The van der Waals surface area contributed by atoms with Crippen molar-refractivity contribution < 1.29 is 18.8 Å². The number of aromatic nitrogens is 1. The summed E-state index contributed by atoms with van der Waals surface area (Å²) in [7, 11) is -0.465. The summed E-state index contributed by atoms with van der Waals surface area (Å²) < 4.78 is 21.0. The van der Waals surface area contributed by atoms with Gasteiger partial charge in [-0.3, -0.25) is 4.79 Å². The molecule has 2 saturated heterocycles. The molecular weight excluding hydrogens is 399 g/mol. The third kappa shape index (κ3) is 3.23. The molecule has 1 amide bonds. The van der Waals surface area contributed by atoms with Crippen LogP contribution in [0.25, 0.3) is 11.3 Å². The molecule has 1 atom stereocenters. The maximum atomic E-state index is 12.9. The maximum absolute atomic E-state index is 12.9. The molecule has 138 valence electrons. The van der Waals surface area contributed by atoms with E-state index in [1.807, 2.05) is 0 Å². The minimum absolute atomic E-state index is 0.293. The van der Waals surface area contributed by atoms with Crippen LogP contribution in [0.4, 0.5) is 0 Å². The first-order valence-corrected chi connectivity index (χ1v) is 10.4. The number of benzene rings is 1. The van der Waals surface area contributed by atoms with Gasteiger partial charge in [0.2, 0.25) is 0 Å². The second kappa shape index (κ2) is 7.05. The molecule has 26 heavy (non-hydrogen) atoms. The molecule has 9 heteroatoms. The van der Waals surface area contributed by atoms with Gasteiger partial charge in [0.25, 0.3) is 5.91 Å². The summed E-state index contributed by atoms with van der Waals surface area (Å²) >= 11 is 12.5. The number of carbonyl (C=O) groups excluding carboxylic acids is 1. The average Bonchev–Trinajstić information content (AvgIpc) is 3.30. The van der Waals surface area contributed by atoms with Crippen LogP contribution in [-0.2, 0) is 20.2 Å². The number of amides is 1. The first kappa shape index (κ1) is 18.1. The number of hydrogen-bond donors (Lipinski definition) is 0. The standard InChI is InChI=1S/C17H16Cl2N2O4S/c1-10-13(15(20-25-10)14-11(18)3-2-4-12(14)19)16(22)21-26-8-5-17(9-26)23-6-7-24-17/h2-4H,5-9H2,1H3/t26-/m0/s1. The molecule has 1 spiro atoms. The second-order valence-corrected chi connectivity index (χ2v) is 8.74. The van der Waals surface area contributed by atoms with Gasteiger partial charge < -0.3 is 14.0 Å². The van der Waals surface area contributed by atoms with Gasteiger partial charge in [-0.25, -0.2) is 0 Å². The average molecular weight is 415 g/mol. The lowest BCUT2D eigenvalue weighted by atomic mass is 10.1. The minimum atomic E-state index is -0.564. The summed E-state index contributed by atoms with van der Waals surface area (Å²) in [4.78, 5) is 12.9. The Labute approximate surface area is 162 Å². The fraction of sp³-hybridized carbons (Fsp3) is 0.412. The third-order valence-electron chi connectivity index (χ3n) is 4.41. The zero-order chi connectivity index (χ0) is 18.3. The molecule has 0 radical (unpaired) electrons. The van der Waals surface area contributed by atoms with Crippen LogP contribution in [0, 0.1) is 6.92 Å². The molecule has 2 aliphatic rings. The van der Waals surface area contributed by atoms with Gasteiger partial charge in [0.1, 0.15) is 17.0 Å². The Balaban J connectivity index is 1.68. The highest BCUT2D eigenvalue weighted by molar-refractivity contribution is 7.87. The Morgan fingerprint density at radius 1 is 1.27 bits per heavy atom. The molecule has 3 heterocycles. The SMILES string of the molecule is Cc1onc(-c2c(Cl)cccc2Cl)c1C(=O)N=[S@]1CCC2(C1)OCCO2. The van der Waals surface area contributed by atoms with Crippen LogP contribution in [0.15, 0.2) is 27.1 Å². The number of halogens is 2. The predicted molar refractivity (Wildman–Crippen MR) is 99.8 cm³/mol. The maximum Gasteiger partial charge on any atom is 0.288 e. The normalized spacial score (nSPS) is 21.7. The Morgan fingerprint density at radius 2 is 1.96 bits per heavy atom. The lowest BCUT2D eigenvalue weighted by molar-refractivity contribution is -0.134. The highest BCUT2D eigenvalue weighted by atomic mass is 35.5. The molecule has 0 aliphatic carbocycles. The summed E-state index contributed by atoms with van der Waals surface area (Å²) in [5.74, 6) is 0.804. The van der Waals surface area contributed by atoms with Gasteiger partial charge in [0.05, 0.1) is 29.0 Å². The molecule has 2 aliphatic heterocycles. The van der Waals surface area contributed by atoms with E-state index >= 15 is 0 Å². The number of rotatable bonds is 2. The van der Waals surface area contributed by atoms with Gasteiger partial charge in [-0.1, -0.05) is 45.1 Å². The van der Waals surface area contributed by atoms with E-state index < -0.39 is 16.5 Å². The van der Waals surface area contributed by atoms with Crippen molar-refractivity contribution in [3.05, 3.63) is 39.6 Å². The lowest BCUT2D eigenvalue weighted by Crippen LogP contribution is -2.30. The van der Waals surface area contributed by atoms with Crippen molar-refractivity contribution in [1.82, 2.24) is 5.16 Å². The number of nitrogens with zero attached hydrogens (tertiary/aromatic N) is 2. The number of ether oxygens (including phenoxy) is 2. The van der Waals surface area contributed by atoms with E-state index in [1.54, 1.807) is 25.1 Å². The van der Waals surface area contributed by atoms with Gasteiger partial charge in [-0.2, -0.15) is 4.36 Å². The number of carbonyl (C=O) groups is 1. The molecule has 2 fully saturated rings. The Kier molecular flexibility index (Phi) is 4.92. The molecule has 2 aromatic rings. The van der Waals surface area contributed by atoms with E-state index in [0.717, 1.165) is 12.2 Å². The van der Waals surface area contributed by atoms with Crippen molar-refractivity contribution >= 4 is 39.8 Å². The van der Waals surface area contributed by atoms with Gasteiger partial charge >= 0.3 is 0 Å². The van der Waals surface area contributed by atoms with Crippen LogP contribution in [0.1, 0.15) is 22.5 Å². The molecule has 0 unspecified atom stereocenters. The van der Waals surface area contributed by atoms with Gasteiger partial charge in [-0.05, 0) is 19.1 Å². The highest BCUT2D eigenvalue weighted by Gasteiger charge is 2.42. The lowest BCUT2D eigenvalue weighted by Gasteiger charge is -2.19. The second-order valence-electron chi connectivity index (χ2n) is 6.12. The fourth-order valence-corrected chi connectivity index (χ4v) is 5.72. The van der Waals surface area contributed by atoms with Crippen molar-refractivity contribution in [3.63, 3.8) is 0 Å². The van der Waals surface area contributed by atoms with Crippen molar-refractivity contribution in [3.8, 4) is 11.3 Å². The Morgan fingerprint density at radius 3 is 2.65 bits per heavy atom. The molecule has 0 bridgehead atoms. The Hall–Kier alpha value is -1.25. The van der Waals surface area contributed by atoms with Crippen molar-refractivity contribution in [2.75, 3.05) is 24.7 Å². The molecular formula is C17H16Cl2N2O4S. The molecule has 1 aromatic heterocycles. The van der Waals surface area contributed by atoms with Gasteiger partial charge in [0, 0.05) is 17.7 Å². The summed E-state index contributed by atoms with van der Waals surface area (Å²) in [5.41, 5.74) is 1.08. The van der Waals surface area contributed by atoms with Crippen LogP contribution >= 0.6 is 23.2 Å². The monoisotopic (exact) mass is 414 g/mol. The van der Waals surface area contributed by atoms with Crippen molar-refractivity contribution in [1.29, 1.82) is 0 Å². The van der Waals surface area contributed by atoms with Crippen molar-refractivity contribution in [2.24, 2.45) is 4.36 Å². The smallest absolute Gasteiger partial charge is 0.288 e. The van der Waals surface area contributed by atoms with Crippen LogP contribution in [-0.4, -0.2) is 41.6 Å². The number of aryl methyl sites for hydroxylation is 1. The molecule has 0 saturated carbocycles. The third-order valence-corrected chi connectivity index (χ3v) is 6.91. The number of hydrogen-bond acceptors (Lipinski definition) is 5. The van der Waals surface area contributed by atoms with E-state index in [4.69, 9.17) is 37.2 Å². The molecule has 1 aromatic carbocycles. The topological polar surface area (TPSA) is 73.9 Å². The zero-order valence-corrected chi connectivity index (χ0v) is 16.3. The quantitative estimate of drug-likeness (QED) is 0.740. The summed E-state index contributed by atoms with van der Waals surface area (Å²) in [5, 5.41) is 4.80. The van der Waals surface area contributed by atoms with Crippen LogP contribution in [0.3, 0.4) is 0 Å². The van der Waals surface area contributed by atoms with E-state index in [2.05, 4.69) is 9.52 Å². The molecule has 0 N–H and O–H groups in total. The van der Waals surface area contributed by atoms with E-state index in [-0.39, 0.29) is 5.91 Å². The molecule has 6 nitrogen and oxygen atoms in total. The first-order valence-electron chi connectivity index (χ1n) is 8.11. The van der Waals surface area contributed by atoms with Crippen LogP contribution < -0.4 is 0 Å². The van der Waals surface area contributed by atoms with Crippen LogP contribution in [0.5, 0.6) is 0 Å². The summed E-state index contributed by atoms with van der Waals surface area (Å²) in [6.45, 7) is 2.85. The van der Waals surface area contributed by atoms with E-state index in [1.165, 1.54) is 0 Å².